The highest BCUT2D eigenvalue weighted by Crippen LogP contribution is 2.39. The molecular formula is C17H15F2NO3S. The first-order chi connectivity index (χ1) is 11.4. The summed E-state index contributed by atoms with van der Waals surface area (Å²) < 4.78 is 26.2. The van der Waals surface area contributed by atoms with Crippen molar-refractivity contribution in [2.24, 2.45) is 5.92 Å². The molecule has 1 aromatic heterocycles. The molecule has 1 aliphatic carbocycles. The van der Waals surface area contributed by atoms with Crippen molar-refractivity contribution in [1.29, 1.82) is 0 Å². The molecule has 1 heterocycles. The predicted octanol–water partition coefficient (Wildman–Crippen LogP) is 4.10. The number of nitrogens with one attached hydrogen (secondary N) is 1. The number of carboxylic acid groups (broad SMARTS) is 1. The Bertz CT molecular complexity index is 831. The number of aromatic carboxylic acids is 1. The maximum Gasteiger partial charge on any atom is 0.339 e. The highest BCUT2D eigenvalue weighted by Gasteiger charge is 2.28. The van der Waals surface area contributed by atoms with Crippen LogP contribution in [0.25, 0.3) is 0 Å². The van der Waals surface area contributed by atoms with Gasteiger partial charge in [0.1, 0.15) is 5.00 Å². The maximum atomic E-state index is 13.3. The molecule has 3 rings (SSSR count). The fourth-order valence-corrected chi connectivity index (χ4v) is 4.28. The van der Waals surface area contributed by atoms with Crippen molar-refractivity contribution in [2.75, 3.05) is 5.32 Å². The Morgan fingerprint density at radius 1 is 1.29 bits per heavy atom. The number of amides is 1. The lowest BCUT2D eigenvalue weighted by Gasteiger charge is -2.17. The molecule has 126 valence electrons. The molecule has 1 unspecified atom stereocenters. The Kier molecular flexibility index (Phi) is 4.36. The Balaban J connectivity index is 1.93. The minimum absolute atomic E-state index is 0.0648. The van der Waals surface area contributed by atoms with Gasteiger partial charge in [0.15, 0.2) is 11.6 Å². The first kappa shape index (κ1) is 16.6. The summed E-state index contributed by atoms with van der Waals surface area (Å²) in [7, 11) is 0. The molecular weight excluding hydrogens is 336 g/mol. The van der Waals surface area contributed by atoms with Gasteiger partial charge in [-0.1, -0.05) is 6.92 Å². The third-order valence-electron chi connectivity index (χ3n) is 4.13. The van der Waals surface area contributed by atoms with Gasteiger partial charge in [-0.05, 0) is 48.9 Å². The molecule has 0 saturated carbocycles. The molecule has 0 bridgehead atoms. The number of halogens is 2. The van der Waals surface area contributed by atoms with E-state index in [2.05, 4.69) is 12.2 Å². The van der Waals surface area contributed by atoms with Crippen LogP contribution in [-0.4, -0.2) is 17.0 Å². The smallest absolute Gasteiger partial charge is 0.339 e. The van der Waals surface area contributed by atoms with E-state index < -0.39 is 23.5 Å². The molecule has 0 radical (unpaired) electrons. The average molecular weight is 351 g/mol. The molecule has 2 aromatic rings. The quantitative estimate of drug-likeness (QED) is 0.875. The molecule has 4 nitrogen and oxygen atoms in total. The van der Waals surface area contributed by atoms with E-state index in [0.717, 1.165) is 41.5 Å². The van der Waals surface area contributed by atoms with Crippen LogP contribution < -0.4 is 5.32 Å². The van der Waals surface area contributed by atoms with E-state index in [1.54, 1.807) is 0 Å². The van der Waals surface area contributed by atoms with Crippen molar-refractivity contribution in [3.63, 3.8) is 0 Å². The fraction of sp³-hybridized carbons (Fsp3) is 0.294. The molecule has 1 atom stereocenters. The van der Waals surface area contributed by atoms with E-state index in [1.807, 2.05) is 0 Å². The van der Waals surface area contributed by atoms with Gasteiger partial charge in [-0.25, -0.2) is 13.6 Å². The van der Waals surface area contributed by atoms with E-state index in [4.69, 9.17) is 0 Å². The molecule has 2 N–H and O–H groups in total. The number of carboxylic acids is 1. The number of hydrogen-bond acceptors (Lipinski definition) is 3. The van der Waals surface area contributed by atoms with Crippen molar-refractivity contribution in [2.45, 2.75) is 26.2 Å². The zero-order valence-electron chi connectivity index (χ0n) is 12.9. The van der Waals surface area contributed by atoms with E-state index in [0.29, 0.717) is 12.3 Å². The van der Waals surface area contributed by atoms with E-state index in [1.165, 1.54) is 11.3 Å². The van der Waals surface area contributed by atoms with Gasteiger partial charge in [0.05, 0.1) is 5.56 Å². The van der Waals surface area contributed by atoms with Gasteiger partial charge in [0.25, 0.3) is 5.91 Å². The molecule has 0 aliphatic heterocycles. The number of rotatable bonds is 3. The molecule has 24 heavy (non-hydrogen) atoms. The van der Waals surface area contributed by atoms with Crippen LogP contribution in [0.3, 0.4) is 0 Å². The zero-order valence-corrected chi connectivity index (χ0v) is 13.7. The summed E-state index contributed by atoms with van der Waals surface area (Å²) in [6.45, 7) is 2.10. The summed E-state index contributed by atoms with van der Waals surface area (Å²) in [5, 5.41) is 12.3. The van der Waals surface area contributed by atoms with E-state index >= 15 is 0 Å². The van der Waals surface area contributed by atoms with Gasteiger partial charge in [-0.2, -0.15) is 0 Å². The average Bonchev–Trinajstić information content (AvgIpc) is 2.86. The molecule has 7 heteroatoms. The van der Waals surface area contributed by atoms with Crippen LogP contribution in [0.1, 0.15) is 44.5 Å². The lowest BCUT2D eigenvalue weighted by atomic mass is 9.88. The van der Waals surface area contributed by atoms with E-state index in [-0.39, 0.29) is 16.1 Å². The second kappa shape index (κ2) is 6.32. The van der Waals surface area contributed by atoms with Crippen LogP contribution in [0.2, 0.25) is 0 Å². The van der Waals surface area contributed by atoms with Crippen LogP contribution in [0.4, 0.5) is 13.8 Å². The van der Waals surface area contributed by atoms with Crippen LogP contribution in [0.15, 0.2) is 18.2 Å². The van der Waals surface area contributed by atoms with Crippen LogP contribution in [0.5, 0.6) is 0 Å². The number of benzene rings is 1. The second-order valence-electron chi connectivity index (χ2n) is 5.94. The molecule has 1 amide bonds. The standard InChI is InChI=1S/C17H15F2NO3S/c1-8-2-4-10-13(6-8)24-16(14(10)17(22)23)20-15(21)9-3-5-11(18)12(19)7-9/h3,5,7-8H,2,4,6H2,1H3,(H,20,21)(H,22,23). The number of anilines is 1. The van der Waals surface area contributed by atoms with Gasteiger partial charge in [0.2, 0.25) is 0 Å². The highest BCUT2D eigenvalue weighted by atomic mass is 32.1. The van der Waals surface area contributed by atoms with Crippen LogP contribution >= 0.6 is 11.3 Å². The molecule has 0 saturated heterocycles. The summed E-state index contributed by atoms with van der Waals surface area (Å²) in [5.74, 6) is -3.46. The number of carbonyl (C=O) groups excluding carboxylic acids is 1. The SMILES string of the molecule is CC1CCc2c(sc(NC(=O)c3ccc(F)c(F)c3)c2C(=O)O)C1. The topological polar surface area (TPSA) is 66.4 Å². The summed E-state index contributed by atoms with van der Waals surface area (Å²) >= 11 is 1.24. The first-order valence-corrected chi connectivity index (χ1v) is 8.32. The normalized spacial score (nSPS) is 16.5. The largest absolute Gasteiger partial charge is 0.478 e. The Morgan fingerprint density at radius 3 is 2.71 bits per heavy atom. The zero-order chi connectivity index (χ0) is 17.4. The van der Waals surface area contributed by atoms with E-state index in [9.17, 15) is 23.5 Å². The summed E-state index contributed by atoms with van der Waals surface area (Å²) in [5.41, 5.74) is 0.814. The first-order valence-electron chi connectivity index (χ1n) is 7.51. The van der Waals surface area contributed by atoms with Crippen molar-refractivity contribution in [3.05, 3.63) is 51.4 Å². The monoisotopic (exact) mass is 351 g/mol. The van der Waals surface area contributed by atoms with Crippen LogP contribution in [0, 0.1) is 17.6 Å². The Labute approximate surface area is 141 Å². The second-order valence-corrected chi connectivity index (χ2v) is 7.05. The molecule has 1 aliphatic rings. The number of fused-ring (bicyclic) bond motifs is 1. The highest BCUT2D eigenvalue weighted by molar-refractivity contribution is 7.17. The predicted molar refractivity (Wildman–Crippen MR) is 86.8 cm³/mol. The summed E-state index contributed by atoms with van der Waals surface area (Å²) in [6, 6.07) is 2.81. The minimum Gasteiger partial charge on any atom is -0.478 e. The van der Waals surface area contributed by atoms with Crippen molar-refractivity contribution in [1.82, 2.24) is 0 Å². The lowest BCUT2D eigenvalue weighted by Crippen LogP contribution is -2.15. The Morgan fingerprint density at radius 2 is 2.04 bits per heavy atom. The van der Waals surface area contributed by atoms with Crippen molar-refractivity contribution in [3.8, 4) is 0 Å². The third-order valence-corrected chi connectivity index (χ3v) is 5.30. The summed E-state index contributed by atoms with van der Waals surface area (Å²) in [6.07, 6.45) is 2.34. The van der Waals surface area contributed by atoms with Crippen molar-refractivity contribution < 1.29 is 23.5 Å². The van der Waals surface area contributed by atoms with Gasteiger partial charge in [-0.15, -0.1) is 11.3 Å². The third kappa shape index (κ3) is 3.03. The van der Waals surface area contributed by atoms with Gasteiger partial charge >= 0.3 is 5.97 Å². The number of carbonyl (C=O) groups is 2. The van der Waals surface area contributed by atoms with Crippen molar-refractivity contribution >= 4 is 28.2 Å². The van der Waals surface area contributed by atoms with Gasteiger partial charge in [-0.3, -0.25) is 4.79 Å². The molecule has 0 fully saturated rings. The lowest BCUT2D eigenvalue weighted by molar-refractivity contribution is 0.0697. The number of hydrogen-bond donors (Lipinski definition) is 2. The minimum atomic E-state index is -1.12. The van der Waals surface area contributed by atoms with Gasteiger partial charge in [0, 0.05) is 10.4 Å². The fourth-order valence-electron chi connectivity index (χ4n) is 2.88. The Hall–Kier alpha value is -2.28. The molecule has 1 aromatic carbocycles. The molecule has 0 spiro atoms. The number of thiophene rings is 1. The maximum absolute atomic E-state index is 13.3. The van der Waals surface area contributed by atoms with Gasteiger partial charge < -0.3 is 10.4 Å². The van der Waals surface area contributed by atoms with Crippen LogP contribution in [-0.2, 0) is 12.8 Å². The summed E-state index contributed by atoms with van der Waals surface area (Å²) in [4.78, 5) is 24.8.